The van der Waals surface area contributed by atoms with Gasteiger partial charge in [0.15, 0.2) is 0 Å². The van der Waals surface area contributed by atoms with Gasteiger partial charge < -0.3 is 5.11 Å². The van der Waals surface area contributed by atoms with Crippen molar-refractivity contribution in [2.75, 3.05) is 0 Å². The molecule has 4 aliphatic carbocycles. The molecule has 5 rings (SSSR count). The van der Waals surface area contributed by atoms with Crippen molar-refractivity contribution in [1.29, 1.82) is 5.26 Å². The summed E-state index contributed by atoms with van der Waals surface area (Å²) >= 11 is 1.41. The van der Waals surface area contributed by atoms with Crippen LogP contribution in [0.15, 0.2) is 5.38 Å². The minimum absolute atomic E-state index is 0.213. The Labute approximate surface area is 111 Å². The molecular formula is C15H17NOS. The summed E-state index contributed by atoms with van der Waals surface area (Å²) in [6.07, 6.45) is 7.97. The summed E-state index contributed by atoms with van der Waals surface area (Å²) in [5, 5.41) is 21.3. The number of hydrogen-bond acceptors (Lipinski definition) is 3. The zero-order valence-electron chi connectivity index (χ0n) is 10.4. The lowest BCUT2D eigenvalue weighted by Crippen LogP contribution is -2.48. The van der Waals surface area contributed by atoms with Crippen LogP contribution in [0, 0.1) is 29.1 Å². The molecule has 0 aromatic carbocycles. The van der Waals surface area contributed by atoms with Gasteiger partial charge in [-0.05, 0) is 61.7 Å². The summed E-state index contributed by atoms with van der Waals surface area (Å²) in [5.74, 6) is 2.92. The highest BCUT2D eigenvalue weighted by molar-refractivity contribution is 7.11. The lowest BCUT2D eigenvalue weighted by molar-refractivity contribution is -0.00591. The molecule has 4 aliphatic rings. The summed E-state index contributed by atoms with van der Waals surface area (Å²) in [6.45, 7) is 0. The van der Waals surface area contributed by atoms with E-state index in [0.717, 1.165) is 23.3 Å². The summed E-state index contributed by atoms with van der Waals surface area (Å²) in [6, 6.07) is 2.12. The van der Waals surface area contributed by atoms with Crippen LogP contribution in [-0.4, -0.2) is 5.11 Å². The predicted octanol–water partition coefficient (Wildman–Crippen LogP) is 3.79. The Morgan fingerprint density at radius 1 is 1.17 bits per heavy atom. The van der Waals surface area contributed by atoms with E-state index in [1.807, 2.05) is 0 Å². The molecule has 18 heavy (non-hydrogen) atoms. The third-order valence-electron chi connectivity index (χ3n) is 5.48. The van der Waals surface area contributed by atoms with E-state index in [9.17, 15) is 5.11 Å². The zero-order chi connectivity index (χ0) is 12.3. The first kappa shape index (κ1) is 10.9. The van der Waals surface area contributed by atoms with Gasteiger partial charge in [0.05, 0.1) is 0 Å². The Balaban J connectivity index is 1.79. The van der Waals surface area contributed by atoms with Crippen molar-refractivity contribution in [3.05, 3.63) is 15.8 Å². The molecule has 1 heterocycles. The molecular weight excluding hydrogens is 242 g/mol. The van der Waals surface area contributed by atoms with Gasteiger partial charge in [-0.2, -0.15) is 5.26 Å². The zero-order valence-corrected chi connectivity index (χ0v) is 11.2. The van der Waals surface area contributed by atoms with Gasteiger partial charge in [-0.15, -0.1) is 11.3 Å². The second kappa shape index (κ2) is 3.51. The van der Waals surface area contributed by atoms with Gasteiger partial charge in [0.1, 0.15) is 16.7 Å². The Morgan fingerprint density at radius 3 is 2.17 bits per heavy atom. The average molecular weight is 259 g/mol. The van der Waals surface area contributed by atoms with Crippen LogP contribution in [0.25, 0.3) is 0 Å². The largest absolute Gasteiger partial charge is 0.505 e. The standard InChI is InChI=1S/C15H17NOS/c16-7-13-14(17)12(8-18-13)15-4-9-1-10(5-15)3-11(2-9)6-15/h8-11,17H,1-6H2. The van der Waals surface area contributed by atoms with E-state index in [0.29, 0.717) is 10.6 Å². The van der Waals surface area contributed by atoms with E-state index in [-0.39, 0.29) is 5.41 Å². The highest BCUT2D eigenvalue weighted by Gasteiger charge is 2.52. The predicted molar refractivity (Wildman–Crippen MR) is 70.5 cm³/mol. The van der Waals surface area contributed by atoms with Crippen molar-refractivity contribution in [2.24, 2.45) is 17.8 Å². The van der Waals surface area contributed by atoms with Gasteiger partial charge >= 0.3 is 0 Å². The second-order valence-corrected chi connectivity index (χ2v) is 7.52. The van der Waals surface area contributed by atoms with Crippen LogP contribution in [0.2, 0.25) is 0 Å². The highest BCUT2D eigenvalue weighted by Crippen LogP contribution is 2.62. The van der Waals surface area contributed by atoms with Crippen LogP contribution in [-0.2, 0) is 5.41 Å². The topological polar surface area (TPSA) is 44.0 Å². The first-order valence-corrected chi connectivity index (χ1v) is 7.79. The molecule has 0 aliphatic heterocycles. The van der Waals surface area contributed by atoms with E-state index in [4.69, 9.17) is 5.26 Å². The van der Waals surface area contributed by atoms with E-state index in [1.165, 1.54) is 49.9 Å². The normalized spacial score (nSPS) is 40.9. The SMILES string of the molecule is N#Cc1scc(C23CC4CC(CC(C4)C2)C3)c1O. The van der Waals surface area contributed by atoms with Crippen molar-refractivity contribution in [2.45, 2.75) is 43.9 Å². The van der Waals surface area contributed by atoms with Crippen LogP contribution < -0.4 is 0 Å². The molecule has 4 fully saturated rings. The number of hydrogen-bond donors (Lipinski definition) is 1. The fraction of sp³-hybridized carbons (Fsp3) is 0.667. The van der Waals surface area contributed by atoms with Crippen LogP contribution in [0.1, 0.15) is 49.0 Å². The maximum Gasteiger partial charge on any atom is 0.147 e. The molecule has 4 bridgehead atoms. The number of rotatable bonds is 1. The van der Waals surface area contributed by atoms with Gasteiger partial charge in [-0.25, -0.2) is 0 Å². The van der Waals surface area contributed by atoms with Crippen molar-refractivity contribution < 1.29 is 5.11 Å². The fourth-order valence-electron chi connectivity index (χ4n) is 5.25. The van der Waals surface area contributed by atoms with Crippen molar-refractivity contribution >= 4 is 11.3 Å². The van der Waals surface area contributed by atoms with Gasteiger partial charge in [-0.3, -0.25) is 0 Å². The summed E-state index contributed by atoms with van der Waals surface area (Å²) in [5.41, 5.74) is 1.31. The molecule has 0 saturated heterocycles. The molecule has 2 nitrogen and oxygen atoms in total. The lowest BCUT2D eigenvalue weighted by Gasteiger charge is -2.56. The Kier molecular flexibility index (Phi) is 2.12. The smallest absolute Gasteiger partial charge is 0.147 e. The maximum absolute atomic E-state index is 10.3. The van der Waals surface area contributed by atoms with Gasteiger partial charge in [0, 0.05) is 11.0 Å². The molecule has 3 heteroatoms. The summed E-state index contributed by atoms with van der Waals surface area (Å²) < 4.78 is 0. The van der Waals surface area contributed by atoms with Crippen LogP contribution in [0.5, 0.6) is 5.75 Å². The number of nitriles is 1. The van der Waals surface area contributed by atoms with Gasteiger partial charge in [-0.1, -0.05) is 0 Å². The van der Waals surface area contributed by atoms with E-state index in [2.05, 4.69) is 11.4 Å². The third kappa shape index (κ3) is 1.33. The minimum atomic E-state index is 0.213. The third-order valence-corrected chi connectivity index (χ3v) is 6.35. The average Bonchev–Trinajstić information content (AvgIpc) is 2.69. The minimum Gasteiger partial charge on any atom is -0.505 e. The number of aromatic hydroxyl groups is 1. The molecule has 94 valence electrons. The molecule has 1 aromatic rings. The Hall–Kier alpha value is -1.01. The second-order valence-electron chi connectivity index (χ2n) is 6.64. The Bertz CT molecular complexity index is 504. The van der Waals surface area contributed by atoms with Crippen molar-refractivity contribution in [1.82, 2.24) is 0 Å². The fourth-order valence-corrected chi connectivity index (χ4v) is 6.12. The molecule has 0 amide bonds. The molecule has 0 atom stereocenters. The van der Waals surface area contributed by atoms with Crippen molar-refractivity contribution in [3.63, 3.8) is 0 Å². The summed E-state index contributed by atoms with van der Waals surface area (Å²) in [7, 11) is 0. The van der Waals surface area contributed by atoms with Gasteiger partial charge in [0.2, 0.25) is 0 Å². The van der Waals surface area contributed by atoms with E-state index in [1.54, 1.807) is 0 Å². The monoisotopic (exact) mass is 259 g/mol. The van der Waals surface area contributed by atoms with E-state index < -0.39 is 0 Å². The molecule has 1 aromatic heterocycles. The van der Waals surface area contributed by atoms with Crippen LogP contribution in [0.3, 0.4) is 0 Å². The first-order valence-electron chi connectivity index (χ1n) is 6.91. The molecule has 4 saturated carbocycles. The molecule has 0 spiro atoms. The maximum atomic E-state index is 10.3. The highest BCUT2D eigenvalue weighted by atomic mass is 32.1. The van der Waals surface area contributed by atoms with Crippen LogP contribution in [0.4, 0.5) is 0 Å². The lowest BCUT2D eigenvalue weighted by atomic mass is 9.48. The van der Waals surface area contributed by atoms with Crippen molar-refractivity contribution in [3.8, 4) is 11.8 Å². The molecule has 0 unspecified atom stereocenters. The Morgan fingerprint density at radius 2 is 1.72 bits per heavy atom. The molecule has 1 N–H and O–H groups in total. The van der Waals surface area contributed by atoms with Crippen LogP contribution >= 0.6 is 11.3 Å². The quantitative estimate of drug-likeness (QED) is 0.833. The summed E-state index contributed by atoms with van der Waals surface area (Å²) in [4.78, 5) is 0.501. The first-order chi connectivity index (χ1) is 8.70. The van der Waals surface area contributed by atoms with Gasteiger partial charge in [0.25, 0.3) is 0 Å². The number of thiophene rings is 1. The molecule has 0 radical (unpaired) electrons. The van der Waals surface area contributed by atoms with E-state index >= 15 is 0 Å². The number of nitrogens with zero attached hydrogens (tertiary/aromatic N) is 1.